The van der Waals surface area contributed by atoms with E-state index >= 15 is 0 Å². The molecule has 2 aromatic rings. The second-order valence-corrected chi connectivity index (χ2v) is 12.5. The van der Waals surface area contributed by atoms with Gasteiger partial charge in [0.25, 0.3) is 0 Å². The first-order valence-corrected chi connectivity index (χ1v) is 16.0. The van der Waals surface area contributed by atoms with Gasteiger partial charge in [-0.05, 0) is 130 Å². The molecule has 2 unspecified atom stereocenters. The van der Waals surface area contributed by atoms with Gasteiger partial charge in [-0.15, -0.1) is 0 Å². The van der Waals surface area contributed by atoms with Gasteiger partial charge >= 0.3 is 0 Å². The van der Waals surface area contributed by atoms with E-state index in [9.17, 15) is 8.78 Å². The molecule has 1 saturated heterocycles. The molecule has 40 heavy (non-hydrogen) atoms. The summed E-state index contributed by atoms with van der Waals surface area (Å²) >= 11 is 0. The van der Waals surface area contributed by atoms with Gasteiger partial charge in [-0.2, -0.15) is 8.78 Å². The van der Waals surface area contributed by atoms with Crippen molar-refractivity contribution in [1.82, 2.24) is 0 Å². The van der Waals surface area contributed by atoms with Crippen LogP contribution in [0.3, 0.4) is 0 Å². The highest BCUT2D eigenvalue weighted by Gasteiger charge is 2.35. The van der Waals surface area contributed by atoms with Gasteiger partial charge in [-0.3, -0.25) is 0 Å². The second-order valence-electron chi connectivity index (χ2n) is 12.5. The van der Waals surface area contributed by atoms with E-state index in [0.717, 1.165) is 35.8 Å². The molecule has 1 heterocycles. The van der Waals surface area contributed by atoms with Gasteiger partial charge in [0.2, 0.25) is 11.6 Å². The normalized spacial score (nSPS) is 29.2. The number of hydrogen-bond acceptors (Lipinski definition) is 3. The van der Waals surface area contributed by atoms with Gasteiger partial charge in [0.15, 0.2) is 11.5 Å². The summed E-state index contributed by atoms with van der Waals surface area (Å²) < 4.78 is 45.3. The highest BCUT2D eigenvalue weighted by molar-refractivity contribution is 5.35. The average molecular weight is 555 g/mol. The lowest BCUT2D eigenvalue weighted by atomic mass is 9.66. The molecule has 2 saturated carbocycles. The molecule has 220 valence electrons. The van der Waals surface area contributed by atoms with Crippen LogP contribution in [0.5, 0.6) is 11.5 Å². The lowest BCUT2D eigenvalue weighted by Crippen LogP contribution is -2.33. The molecule has 2 aromatic carbocycles. The molecule has 0 amide bonds. The number of halogens is 2. The zero-order chi connectivity index (χ0) is 27.9. The molecule has 3 aliphatic rings. The Morgan fingerprint density at radius 1 is 0.675 bits per heavy atom. The zero-order valence-corrected chi connectivity index (χ0v) is 24.5. The summed E-state index contributed by atoms with van der Waals surface area (Å²) in [6.07, 6.45) is 16.5. The van der Waals surface area contributed by atoms with Crippen LogP contribution < -0.4 is 9.47 Å². The van der Waals surface area contributed by atoms with E-state index in [1.54, 1.807) is 6.92 Å². The summed E-state index contributed by atoms with van der Waals surface area (Å²) in [7, 11) is 0. The van der Waals surface area contributed by atoms with Crippen molar-refractivity contribution in [3.05, 3.63) is 59.2 Å². The second kappa shape index (κ2) is 14.2. The van der Waals surface area contributed by atoms with Crippen LogP contribution >= 0.6 is 0 Å². The largest absolute Gasteiger partial charge is 0.491 e. The Balaban J connectivity index is 1.04. The maximum atomic E-state index is 14.3. The third-order valence-electron chi connectivity index (χ3n) is 10.1. The standard InChI is InChI=1S/C35H48F2O3/c1-3-5-31-19-18-30(23-39-31)29-16-14-28(15-17-29)27-12-10-26(11-13-27)25-8-6-24(7-9-25)22-40-33-21-20-32(38-4-2)34(36)35(33)37/h6-9,20-21,26-31H,3-5,10-19,22-23H2,1-2H3. The Labute approximate surface area is 240 Å². The molecular weight excluding hydrogens is 506 g/mol. The van der Waals surface area contributed by atoms with Crippen molar-refractivity contribution in [3.8, 4) is 11.5 Å². The van der Waals surface area contributed by atoms with Crippen molar-refractivity contribution in [2.24, 2.45) is 23.7 Å². The summed E-state index contributed by atoms with van der Waals surface area (Å²) in [4.78, 5) is 0. The van der Waals surface area contributed by atoms with Crippen molar-refractivity contribution in [1.29, 1.82) is 0 Å². The maximum absolute atomic E-state index is 14.3. The fourth-order valence-corrected chi connectivity index (χ4v) is 7.70. The molecule has 0 radical (unpaired) electrons. The number of ether oxygens (including phenoxy) is 3. The summed E-state index contributed by atoms with van der Waals surface area (Å²) in [5.74, 6) is 1.94. The quantitative estimate of drug-likeness (QED) is 0.293. The maximum Gasteiger partial charge on any atom is 0.204 e. The van der Waals surface area contributed by atoms with Crippen LogP contribution in [0.2, 0.25) is 0 Å². The Morgan fingerprint density at radius 3 is 1.77 bits per heavy atom. The molecule has 3 nitrogen and oxygen atoms in total. The minimum absolute atomic E-state index is 0.0888. The zero-order valence-electron chi connectivity index (χ0n) is 24.5. The smallest absolute Gasteiger partial charge is 0.204 e. The molecule has 0 N–H and O–H groups in total. The van der Waals surface area contributed by atoms with Crippen LogP contribution in [0, 0.1) is 35.3 Å². The number of hydrogen-bond donors (Lipinski definition) is 0. The fourth-order valence-electron chi connectivity index (χ4n) is 7.70. The van der Waals surface area contributed by atoms with Crippen molar-refractivity contribution >= 4 is 0 Å². The number of rotatable bonds is 10. The molecule has 5 heteroatoms. The summed E-state index contributed by atoms with van der Waals surface area (Å²) in [5.41, 5.74) is 2.34. The Hall–Kier alpha value is -2.14. The number of benzene rings is 2. The van der Waals surface area contributed by atoms with Gasteiger partial charge in [-0.25, -0.2) is 0 Å². The molecular formula is C35H48F2O3. The molecule has 5 rings (SSSR count). The topological polar surface area (TPSA) is 27.7 Å². The Bertz CT molecular complexity index is 1050. The summed E-state index contributed by atoms with van der Waals surface area (Å²) in [6.45, 7) is 5.48. The van der Waals surface area contributed by atoms with E-state index in [2.05, 4.69) is 31.2 Å². The van der Waals surface area contributed by atoms with Gasteiger partial charge < -0.3 is 14.2 Å². The molecule has 0 spiro atoms. The predicted octanol–water partition coefficient (Wildman–Crippen LogP) is 9.62. The molecule has 1 aliphatic heterocycles. The lowest BCUT2D eigenvalue weighted by molar-refractivity contribution is -0.0436. The average Bonchev–Trinajstić information content (AvgIpc) is 3.00. The summed E-state index contributed by atoms with van der Waals surface area (Å²) in [5, 5.41) is 0. The van der Waals surface area contributed by atoms with E-state index in [-0.39, 0.29) is 24.7 Å². The van der Waals surface area contributed by atoms with Gasteiger partial charge in [0, 0.05) is 0 Å². The monoisotopic (exact) mass is 554 g/mol. The van der Waals surface area contributed by atoms with Crippen LogP contribution in [0.4, 0.5) is 8.78 Å². The van der Waals surface area contributed by atoms with Crippen LogP contribution in [0.1, 0.15) is 108 Å². The Morgan fingerprint density at radius 2 is 1.23 bits per heavy atom. The first-order valence-electron chi connectivity index (χ1n) is 16.0. The van der Waals surface area contributed by atoms with Crippen molar-refractivity contribution in [3.63, 3.8) is 0 Å². The predicted molar refractivity (Wildman–Crippen MR) is 156 cm³/mol. The SMILES string of the molecule is CCCC1CCC(C2CCC(C3CCC(c4ccc(COc5ccc(OCC)c(F)c5F)cc4)CC3)CC2)CO1. The van der Waals surface area contributed by atoms with Gasteiger partial charge in [0.05, 0.1) is 19.3 Å². The van der Waals surface area contributed by atoms with Gasteiger partial charge in [0.1, 0.15) is 6.61 Å². The third-order valence-corrected chi connectivity index (χ3v) is 10.1. The van der Waals surface area contributed by atoms with Crippen molar-refractivity contribution < 1.29 is 23.0 Å². The minimum atomic E-state index is -1.00. The lowest BCUT2D eigenvalue weighted by Gasteiger charge is -2.41. The molecule has 0 bridgehead atoms. The van der Waals surface area contributed by atoms with E-state index in [4.69, 9.17) is 14.2 Å². The Kier molecular flexibility index (Phi) is 10.4. The van der Waals surface area contributed by atoms with Crippen LogP contribution in [-0.4, -0.2) is 19.3 Å². The van der Waals surface area contributed by atoms with Crippen molar-refractivity contribution in [2.45, 2.75) is 110 Å². The molecule has 2 aliphatic carbocycles. The third kappa shape index (κ3) is 7.19. The summed E-state index contributed by atoms with van der Waals surface area (Å²) in [6, 6.07) is 11.4. The van der Waals surface area contributed by atoms with Crippen LogP contribution in [0.25, 0.3) is 0 Å². The first kappa shape index (κ1) is 29.4. The van der Waals surface area contributed by atoms with E-state index in [1.165, 1.54) is 94.7 Å². The molecule has 0 aromatic heterocycles. The van der Waals surface area contributed by atoms with E-state index < -0.39 is 11.6 Å². The van der Waals surface area contributed by atoms with Crippen molar-refractivity contribution in [2.75, 3.05) is 13.2 Å². The molecule has 3 fully saturated rings. The van der Waals surface area contributed by atoms with Gasteiger partial charge in [-0.1, -0.05) is 37.6 Å². The minimum Gasteiger partial charge on any atom is -0.491 e. The van der Waals surface area contributed by atoms with Crippen LogP contribution in [-0.2, 0) is 11.3 Å². The van der Waals surface area contributed by atoms with E-state index in [1.807, 2.05) is 0 Å². The highest BCUT2D eigenvalue weighted by atomic mass is 19.2. The van der Waals surface area contributed by atoms with Crippen LogP contribution in [0.15, 0.2) is 36.4 Å². The highest BCUT2D eigenvalue weighted by Crippen LogP contribution is 2.46. The van der Waals surface area contributed by atoms with E-state index in [0.29, 0.717) is 12.0 Å². The fraction of sp³-hybridized carbons (Fsp3) is 0.657. The molecule has 2 atom stereocenters. The first-order chi connectivity index (χ1) is 19.6.